The van der Waals surface area contributed by atoms with E-state index >= 15 is 0 Å². The molecule has 38 heavy (non-hydrogen) atoms. The number of sulfonamides is 1. The first-order chi connectivity index (χ1) is 18.2. The molecule has 3 aromatic rings. The predicted octanol–water partition coefficient (Wildman–Crippen LogP) is 4.79. The zero-order valence-corrected chi connectivity index (χ0v) is 22.5. The second-order valence-corrected chi connectivity index (χ2v) is 11.4. The quantitative estimate of drug-likeness (QED) is 0.302. The van der Waals surface area contributed by atoms with E-state index in [-0.39, 0.29) is 23.7 Å². The van der Waals surface area contributed by atoms with E-state index in [0.717, 1.165) is 17.5 Å². The first-order valence-corrected chi connectivity index (χ1v) is 14.1. The highest BCUT2D eigenvalue weighted by atomic mass is 32.2. The highest BCUT2D eigenvalue weighted by Crippen LogP contribution is 2.24. The van der Waals surface area contributed by atoms with Crippen LogP contribution in [-0.2, 0) is 21.4 Å². The predicted molar refractivity (Wildman–Crippen MR) is 143 cm³/mol. The minimum atomic E-state index is -3.77. The smallest absolute Gasteiger partial charge is 0.312 e. The molecule has 3 aromatic carbocycles. The van der Waals surface area contributed by atoms with E-state index in [9.17, 15) is 17.6 Å². The molecule has 1 saturated heterocycles. The van der Waals surface area contributed by atoms with E-state index in [1.54, 1.807) is 60.7 Å². The van der Waals surface area contributed by atoms with Crippen molar-refractivity contribution in [3.8, 4) is 11.5 Å². The maximum atomic E-state index is 13.6. The Kier molecular flexibility index (Phi) is 9.14. The van der Waals surface area contributed by atoms with E-state index in [2.05, 4.69) is 4.90 Å². The lowest BCUT2D eigenvalue weighted by atomic mass is 10.1. The molecule has 1 aliphatic heterocycles. The zero-order valence-electron chi connectivity index (χ0n) is 21.7. The van der Waals surface area contributed by atoms with Gasteiger partial charge in [-0.15, -0.1) is 0 Å². The zero-order chi connectivity index (χ0) is 27.1. The van der Waals surface area contributed by atoms with Crippen LogP contribution in [0.1, 0.15) is 30.4 Å². The third-order valence-electron chi connectivity index (χ3n) is 6.67. The molecule has 0 aromatic heterocycles. The van der Waals surface area contributed by atoms with Gasteiger partial charge in [0, 0.05) is 31.7 Å². The van der Waals surface area contributed by atoms with Crippen LogP contribution in [0.25, 0.3) is 0 Å². The van der Waals surface area contributed by atoms with Gasteiger partial charge in [-0.2, -0.15) is 4.31 Å². The highest BCUT2D eigenvalue weighted by molar-refractivity contribution is 7.89. The SMILES string of the molecule is COc1cccc(OC(=O)CC2CN(S(=O)(=O)c3ccc(C)cc3)CCCCN2Cc2ccc(F)cc2)c1. The molecule has 1 fully saturated rings. The molecule has 4 rings (SSSR count). The largest absolute Gasteiger partial charge is 0.497 e. The van der Waals surface area contributed by atoms with Crippen molar-refractivity contribution >= 4 is 16.0 Å². The fourth-order valence-electron chi connectivity index (χ4n) is 4.56. The van der Waals surface area contributed by atoms with Crippen LogP contribution in [0.5, 0.6) is 11.5 Å². The Morgan fingerprint density at radius 3 is 2.37 bits per heavy atom. The highest BCUT2D eigenvalue weighted by Gasteiger charge is 2.33. The maximum absolute atomic E-state index is 13.6. The summed E-state index contributed by atoms with van der Waals surface area (Å²) in [5, 5.41) is 0. The van der Waals surface area contributed by atoms with Crippen molar-refractivity contribution in [3.05, 3.63) is 89.7 Å². The normalized spacial score (nSPS) is 17.4. The van der Waals surface area contributed by atoms with Crippen molar-refractivity contribution in [1.29, 1.82) is 0 Å². The van der Waals surface area contributed by atoms with Gasteiger partial charge in [-0.05, 0) is 68.3 Å². The van der Waals surface area contributed by atoms with Crippen LogP contribution in [0, 0.1) is 12.7 Å². The number of nitrogens with zero attached hydrogens (tertiary/aromatic N) is 2. The number of benzene rings is 3. The first kappa shape index (κ1) is 27.8. The number of hydrogen-bond donors (Lipinski definition) is 0. The van der Waals surface area contributed by atoms with E-state index in [4.69, 9.17) is 9.47 Å². The van der Waals surface area contributed by atoms with Crippen LogP contribution in [0.3, 0.4) is 0 Å². The molecule has 1 atom stereocenters. The summed E-state index contributed by atoms with van der Waals surface area (Å²) in [6.07, 6.45) is 1.42. The number of aryl methyl sites for hydroxylation is 1. The average molecular weight is 541 g/mol. The Balaban J connectivity index is 1.59. The molecule has 1 unspecified atom stereocenters. The Hall–Kier alpha value is -3.27. The van der Waals surface area contributed by atoms with Crippen molar-refractivity contribution in [2.75, 3.05) is 26.7 Å². The fraction of sp³-hybridized carbons (Fsp3) is 0.345. The lowest BCUT2D eigenvalue weighted by Gasteiger charge is -2.37. The van der Waals surface area contributed by atoms with Crippen LogP contribution in [0.15, 0.2) is 77.7 Å². The van der Waals surface area contributed by atoms with Crippen LogP contribution in [-0.4, -0.2) is 56.4 Å². The van der Waals surface area contributed by atoms with Gasteiger partial charge in [-0.25, -0.2) is 12.8 Å². The van der Waals surface area contributed by atoms with Gasteiger partial charge in [0.05, 0.1) is 18.4 Å². The van der Waals surface area contributed by atoms with Gasteiger partial charge in [0.15, 0.2) is 0 Å². The van der Waals surface area contributed by atoms with Gasteiger partial charge in [0.25, 0.3) is 0 Å². The molecule has 0 spiro atoms. The summed E-state index contributed by atoms with van der Waals surface area (Å²) >= 11 is 0. The summed E-state index contributed by atoms with van der Waals surface area (Å²) in [6, 6.07) is 19.3. The lowest BCUT2D eigenvalue weighted by molar-refractivity contribution is -0.136. The number of carbonyl (C=O) groups is 1. The number of halogens is 1. The number of esters is 1. The van der Waals surface area contributed by atoms with Crippen molar-refractivity contribution in [2.45, 2.75) is 43.7 Å². The van der Waals surface area contributed by atoms with E-state index in [1.807, 2.05) is 6.92 Å². The second kappa shape index (κ2) is 12.5. The standard InChI is InChI=1S/C29H33FN2O5S/c1-22-8-14-28(15-9-22)38(34,35)32-17-4-3-16-31(20-23-10-12-24(30)13-11-23)25(21-32)18-29(33)37-27-7-5-6-26(19-27)36-2/h5-15,19,25H,3-4,16-18,20-21H2,1-2H3. The summed E-state index contributed by atoms with van der Waals surface area (Å²) in [7, 11) is -2.23. The monoisotopic (exact) mass is 540 g/mol. The summed E-state index contributed by atoms with van der Waals surface area (Å²) < 4.78 is 53.0. The third-order valence-corrected chi connectivity index (χ3v) is 8.55. The van der Waals surface area contributed by atoms with Gasteiger partial charge >= 0.3 is 5.97 Å². The van der Waals surface area contributed by atoms with Gasteiger partial charge in [0.2, 0.25) is 10.0 Å². The summed E-state index contributed by atoms with van der Waals surface area (Å²) in [5.74, 6) is 0.125. The molecular formula is C29H33FN2O5S. The van der Waals surface area contributed by atoms with Gasteiger partial charge in [-0.1, -0.05) is 35.9 Å². The molecule has 0 N–H and O–H groups in total. The Bertz CT molecular complexity index is 1330. The first-order valence-electron chi connectivity index (χ1n) is 12.6. The van der Waals surface area contributed by atoms with Crippen LogP contribution in [0.4, 0.5) is 4.39 Å². The molecule has 0 saturated carbocycles. The maximum Gasteiger partial charge on any atom is 0.312 e. The molecular weight excluding hydrogens is 507 g/mol. The molecule has 0 bridgehead atoms. The summed E-state index contributed by atoms with van der Waals surface area (Å²) in [6.45, 7) is 3.53. The topological polar surface area (TPSA) is 76.1 Å². The van der Waals surface area contributed by atoms with Crippen molar-refractivity contribution < 1.29 is 27.1 Å². The van der Waals surface area contributed by atoms with Crippen LogP contribution >= 0.6 is 0 Å². The average Bonchev–Trinajstić information content (AvgIpc) is 2.89. The lowest BCUT2D eigenvalue weighted by Crippen LogP contribution is -2.49. The number of hydrogen-bond acceptors (Lipinski definition) is 6. The molecule has 0 amide bonds. The van der Waals surface area contributed by atoms with Crippen LogP contribution < -0.4 is 9.47 Å². The Morgan fingerprint density at radius 1 is 0.974 bits per heavy atom. The molecule has 0 aliphatic carbocycles. The molecule has 1 aliphatic rings. The van der Waals surface area contributed by atoms with Crippen LogP contribution in [0.2, 0.25) is 0 Å². The number of rotatable bonds is 8. The molecule has 1 heterocycles. The molecule has 9 heteroatoms. The van der Waals surface area contributed by atoms with Crippen molar-refractivity contribution in [3.63, 3.8) is 0 Å². The van der Waals surface area contributed by atoms with Gasteiger partial charge in [0.1, 0.15) is 17.3 Å². The van der Waals surface area contributed by atoms with Crippen molar-refractivity contribution in [1.82, 2.24) is 9.21 Å². The third kappa shape index (κ3) is 7.18. The second-order valence-electron chi connectivity index (χ2n) is 9.49. The minimum absolute atomic E-state index is 0.0156. The molecule has 202 valence electrons. The van der Waals surface area contributed by atoms with E-state index < -0.39 is 22.0 Å². The summed E-state index contributed by atoms with van der Waals surface area (Å²) in [5.41, 5.74) is 1.85. The van der Waals surface area contributed by atoms with Gasteiger partial charge < -0.3 is 9.47 Å². The Labute approximate surface area is 223 Å². The minimum Gasteiger partial charge on any atom is -0.497 e. The number of methoxy groups -OCH3 is 1. The molecule has 7 nitrogen and oxygen atoms in total. The van der Waals surface area contributed by atoms with E-state index in [1.165, 1.54) is 23.5 Å². The number of ether oxygens (including phenoxy) is 2. The fourth-order valence-corrected chi connectivity index (χ4v) is 6.08. The van der Waals surface area contributed by atoms with E-state index in [0.29, 0.717) is 37.6 Å². The summed E-state index contributed by atoms with van der Waals surface area (Å²) in [4.78, 5) is 15.4. The number of carbonyl (C=O) groups excluding carboxylic acids is 1. The van der Waals surface area contributed by atoms with Crippen molar-refractivity contribution in [2.24, 2.45) is 0 Å². The Morgan fingerprint density at radius 2 is 1.66 bits per heavy atom. The molecule has 0 radical (unpaired) electrons. The van der Waals surface area contributed by atoms with Gasteiger partial charge in [-0.3, -0.25) is 9.69 Å².